The Morgan fingerprint density at radius 1 is 1.45 bits per heavy atom. The molecule has 116 valence electrons. The first-order valence-corrected chi connectivity index (χ1v) is 6.84. The third-order valence-electron chi connectivity index (χ3n) is 2.95. The number of ether oxygens (including phenoxy) is 4. The third kappa shape index (κ3) is 4.86. The van der Waals surface area contributed by atoms with Gasteiger partial charge >= 0.3 is 0 Å². The topological polar surface area (TPSA) is 69.5 Å². The second kappa shape index (κ2) is 7.73. The lowest BCUT2D eigenvalue weighted by Crippen LogP contribution is -2.39. The first kappa shape index (κ1) is 17.1. The maximum Gasteiger partial charge on any atom is 0.164 e. The predicted molar refractivity (Wildman–Crippen MR) is 74.9 cm³/mol. The lowest BCUT2D eigenvalue weighted by Gasteiger charge is -2.27. The average molecular weight is 287 g/mol. The maximum atomic E-state index is 8.61. The van der Waals surface area contributed by atoms with E-state index in [0.717, 1.165) is 0 Å². The summed E-state index contributed by atoms with van der Waals surface area (Å²) in [6.07, 6.45) is 2.11. The van der Waals surface area contributed by atoms with Gasteiger partial charge in [0.2, 0.25) is 0 Å². The van der Waals surface area contributed by atoms with E-state index in [-0.39, 0.29) is 24.6 Å². The van der Waals surface area contributed by atoms with Crippen molar-refractivity contribution in [1.82, 2.24) is 0 Å². The Kier molecular flexibility index (Phi) is 6.61. The van der Waals surface area contributed by atoms with Crippen LogP contribution in [0.5, 0.6) is 0 Å². The van der Waals surface area contributed by atoms with Crippen molar-refractivity contribution in [2.75, 3.05) is 6.61 Å². The van der Waals surface area contributed by atoms with Crippen LogP contribution in [0.25, 0.3) is 0 Å². The van der Waals surface area contributed by atoms with Crippen molar-refractivity contribution in [3.8, 4) is 0 Å². The van der Waals surface area contributed by atoms with Crippen LogP contribution in [0.3, 0.4) is 0 Å². The molecule has 1 saturated heterocycles. The van der Waals surface area contributed by atoms with Crippen molar-refractivity contribution in [3.05, 3.63) is 12.7 Å². The van der Waals surface area contributed by atoms with Crippen LogP contribution in [0.2, 0.25) is 0 Å². The van der Waals surface area contributed by atoms with Gasteiger partial charge in [-0.05, 0) is 27.7 Å². The Morgan fingerprint density at radius 2 is 2.15 bits per heavy atom. The number of hydrogen-bond acceptors (Lipinski definition) is 6. The van der Waals surface area contributed by atoms with E-state index in [1.807, 2.05) is 27.7 Å². The minimum atomic E-state index is -0.698. The summed E-state index contributed by atoms with van der Waals surface area (Å²) in [5.41, 5.74) is 0. The second-order valence-corrected chi connectivity index (χ2v) is 5.03. The Bertz CT molecular complexity index is 332. The van der Waals surface area contributed by atoms with E-state index in [2.05, 4.69) is 11.7 Å². The molecule has 20 heavy (non-hydrogen) atoms. The smallest absolute Gasteiger partial charge is 0.164 e. The fraction of sp³-hybridized carbons (Fsp3) is 0.786. The molecule has 4 atom stereocenters. The zero-order valence-electron chi connectivity index (χ0n) is 12.6. The van der Waals surface area contributed by atoms with Gasteiger partial charge in [0.25, 0.3) is 0 Å². The van der Waals surface area contributed by atoms with Crippen LogP contribution in [0, 0.1) is 0 Å². The molecule has 0 amide bonds. The van der Waals surface area contributed by atoms with E-state index in [4.69, 9.17) is 24.2 Å². The molecule has 1 aliphatic heterocycles. The van der Waals surface area contributed by atoms with Crippen molar-refractivity contribution in [3.63, 3.8) is 0 Å². The van der Waals surface area contributed by atoms with Crippen molar-refractivity contribution in [1.29, 1.82) is 0 Å². The van der Waals surface area contributed by atoms with Crippen molar-refractivity contribution in [2.24, 2.45) is 5.16 Å². The van der Waals surface area contributed by atoms with Crippen LogP contribution in [0.4, 0.5) is 0 Å². The molecule has 0 spiro atoms. The first-order chi connectivity index (χ1) is 9.43. The molecule has 0 bridgehead atoms. The Hall–Kier alpha value is -0.950. The number of oxime groups is 1. The monoisotopic (exact) mass is 287 g/mol. The van der Waals surface area contributed by atoms with Gasteiger partial charge < -0.3 is 24.2 Å². The van der Waals surface area contributed by atoms with Gasteiger partial charge in [-0.2, -0.15) is 0 Å². The fourth-order valence-electron chi connectivity index (χ4n) is 2.23. The average Bonchev–Trinajstić information content (AvgIpc) is 2.70. The van der Waals surface area contributed by atoms with E-state index in [1.54, 1.807) is 6.08 Å². The first-order valence-electron chi connectivity index (χ1n) is 6.84. The molecule has 6 heteroatoms. The molecule has 0 aromatic heterocycles. The van der Waals surface area contributed by atoms with Crippen molar-refractivity contribution >= 4 is 6.21 Å². The quantitative estimate of drug-likeness (QED) is 0.244. The molecule has 6 nitrogen and oxygen atoms in total. The maximum absolute atomic E-state index is 8.61. The fourth-order valence-corrected chi connectivity index (χ4v) is 2.23. The van der Waals surface area contributed by atoms with Gasteiger partial charge in [0.1, 0.15) is 12.2 Å². The van der Waals surface area contributed by atoms with Gasteiger partial charge in [0.05, 0.1) is 6.10 Å². The van der Waals surface area contributed by atoms with Gasteiger partial charge in [-0.3, -0.25) is 0 Å². The van der Waals surface area contributed by atoms with Gasteiger partial charge in [0.15, 0.2) is 12.1 Å². The molecule has 1 heterocycles. The zero-order chi connectivity index (χ0) is 15.2. The van der Waals surface area contributed by atoms with E-state index in [0.29, 0.717) is 13.0 Å². The van der Waals surface area contributed by atoms with Crippen LogP contribution >= 0.6 is 0 Å². The zero-order valence-corrected chi connectivity index (χ0v) is 12.6. The summed E-state index contributed by atoms with van der Waals surface area (Å²) in [7, 11) is 0. The number of rotatable bonds is 8. The highest BCUT2D eigenvalue weighted by molar-refractivity contribution is 5.57. The molecule has 0 aromatic carbocycles. The SMILES string of the molecule is C=CC1OC(C)(C)OC1C(CC=NO)OC(C)OCC. The third-order valence-corrected chi connectivity index (χ3v) is 2.95. The van der Waals surface area contributed by atoms with E-state index < -0.39 is 5.79 Å². The van der Waals surface area contributed by atoms with Crippen molar-refractivity contribution < 1.29 is 24.2 Å². The molecular formula is C14H25NO5. The van der Waals surface area contributed by atoms with E-state index >= 15 is 0 Å². The van der Waals surface area contributed by atoms with Crippen LogP contribution in [-0.2, 0) is 18.9 Å². The summed E-state index contributed by atoms with van der Waals surface area (Å²) < 4.78 is 22.8. The van der Waals surface area contributed by atoms with Gasteiger partial charge in [-0.15, -0.1) is 11.7 Å². The minimum Gasteiger partial charge on any atom is -0.411 e. The summed E-state index contributed by atoms with van der Waals surface area (Å²) in [5.74, 6) is -0.698. The van der Waals surface area contributed by atoms with Gasteiger partial charge in [0, 0.05) is 19.2 Å². The molecular weight excluding hydrogens is 262 g/mol. The molecule has 0 aromatic rings. The van der Waals surface area contributed by atoms with E-state index in [9.17, 15) is 0 Å². The van der Waals surface area contributed by atoms with Crippen LogP contribution in [0.1, 0.15) is 34.1 Å². The number of hydrogen-bond donors (Lipinski definition) is 1. The molecule has 4 unspecified atom stereocenters. The lowest BCUT2D eigenvalue weighted by molar-refractivity contribution is -0.198. The summed E-state index contributed by atoms with van der Waals surface area (Å²) in [6, 6.07) is 0. The summed E-state index contributed by atoms with van der Waals surface area (Å²) >= 11 is 0. The molecule has 1 aliphatic rings. The number of nitrogens with zero attached hydrogens (tertiary/aromatic N) is 1. The Balaban J connectivity index is 2.77. The molecule has 0 aliphatic carbocycles. The Labute approximate surface area is 120 Å². The molecule has 1 rings (SSSR count). The van der Waals surface area contributed by atoms with Crippen LogP contribution in [0.15, 0.2) is 17.8 Å². The molecule has 0 saturated carbocycles. The standard InChI is InChI=1S/C14H25NO5/c1-6-11-13(20-14(4,5)19-11)12(8-9-15-16)18-10(3)17-7-2/h6,9-13,16H,1,7-8H2,2-5H3. The highest BCUT2D eigenvalue weighted by Crippen LogP contribution is 2.32. The highest BCUT2D eigenvalue weighted by atomic mass is 16.8. The second-order valence-electron chi connectivity index (χ2n) is 5.03. The normalized spacial score (nSPS) is 28.6. The predicted octanol–water partition coefficient (Wildman–Crippen LogP) is 2.31. The van der Waals surface area contributed by atoms with Crippen LogP contribution < -0.4 is 0 Å². The summed E-state index contributed by atoms with van der Waals surface area (Å²) in [5, 5.41) is 11.6. The summed E-state index contributed by atoms with van der Waals surface area (Å²) in [6.45, 7) is 11.7. The molecule has 1 fully saturated rings. The van der Waals surface area contributed by atoms with Gasteiger partial charge in [-0.25, -0.2) is 0 Å². The van der Waals surface area contributed by atoms with Crippen molar-refractivity contribution in [2.45, 2.75) is 64.5 Å². The Morgan fingerprint density at radius 3 is 2.70 bits per heavy atom. The largest absolute Gasteiger partial charge is 0.411 e. The minimum absolute atomic E-state index is 0.282. The van der Waals surface area contributed by atoms with Crippen LogP contribution in [-0.4, -0.2) is 48.4 Å². The summed E-state index contributed by atoms with van der Waals surface area (Å²) in [4.78, 5) is 0. The highest BCUT2D eigenvalue weighted by Gasteiger charge is 2.44. The molecule has 1 N–H and O–H groups in total. The van der Waals surface area contributed by atoms with Gasteiger partial charge in [-0.1, -0.05) is 6.08 Å². The molecule has 0 radical (unpaired) electrons. The van der Waals surface area contributed by atoms with E-state index in [1.165, 1.54) is 6.21 Å². The lowest BCUT2D eigenvalue weighted by atomic mass is 10.1.